The summed E-state index contributed by atoms with van der Waals surface area (Å²) in [4.78, 5) is 24.0. The molecule has 3 nitrogen and oxygen atoms in total. The zero-order valence-electron chi connectivity index (χ0n) is 13.9. The summed E-state index contributed by atoms with van der Waals surface area (Å²) in [6, 6.07) is 12.2. The van der Waals surface area contributed by atoms with E-state index < -0.39 is 23.9 Å². The number of rotatable bonds is 5. The minimum atomic E-state index is -5.04. The highest BCUT2D eigenvalue weighted by atomic mass is 19.4. The van der Waals surface area contributed by atoms with Crippen LogP contribution in [0.4, 0.5) is 13.2 Å². The van der Waals surface area contributed by atoms with Crippen molar-refractivity contribution in [1.82, 2.24) is 5.32 Å². The van der Waals surface area contributed by atoms with Crippen molar-refractivity contribution in [2.75, 3.05) is 0 Å². The number of nitrogens with one attached hydrogen (secondary N) is 1. The van der Waals surface area contributed by atoms with Gasteiger partial charge >= 0.3 is 12.1 Å². The quantitative estimate of drug-likeness (QED) is 0.835. The van der Waals surface area contributed by atoms with E-state index in [0.29, 0.717) is 5.56 Å². The number of Topliss-reactive ketones (excluding diaryl/α,β-unsaturated/α-hetero) is 1. The Balaban J connectivity index is 2.30. The van der Waals surface area contributed by atoms with Crippen LogP contribution in [0.2, 0.25) is 0 Å². The normalized spacial score (nSPS) is 12.5. The van der Waals surface area contributed by atoms with Gasteiger partial charge in [0.25, 0.3) is 0 Å². The van der Waals surface area contributed by atoms with Crippen LogP contribution in [-0.4, -0.2) is 23.9 Å². The molecule has 2 aromatic carbocycles. The third-order valence-corrected chi connectivity index (χ3v) is 3.95. The SMILES string of the molecule is Cc1ccc(C(=O)[C@H](Cc2ccccc2)NC(=O)C(F)(F)F)cc1C. The Labute approximate surface area is 143 Å². The molecule has 2 rings (SSSR count). The molecule has 1 atom stereocenters. The van der Waals surface area contributed by atoms with E-state index in [1.807, 2.05) is 19.2 Å². The summed E-state index contributed by atoms with van der Waals surface area (Å²) in [6.45, 7) is 3.68. The molecule has 1 amide bonds. The van der Waals surface area contributed by atoms with Crippen molar-refractivity contribution in [3.05, 3.63) is 70.8 Å². The van der Waals surface area contributed by atoms with Gasteiger partial charge in [-0.05, 0) is 36.6 Å². The second-order valence-corrected chi connectivity index (χ2v) is 5.88. The van der Waals surface area contributed by atoms with Gasteiger partial charge in [0.1, 0.15) is 0 Å². The van der Waals surface area contributed by atoms with Gasteiger partial charge in [-0.1, -0.05) is 42.5 Å². The van der Waals surface area contributed by atoms with E-state index in [4.69, 9.17) is 0 Å². The number of amides is 1. The Hall–Kier alpha value is -2.63. The van der Waals surface area contributed by atoms with E-state index in [9.17, 15) is 22.8 Å². The molecule has 6 heteroatoms. The van der Waals surface area contributed by atoms with Crippen LogP contribution in [-0.2, 0) is 11.2 Å². The lowest BCUT2D eigenvalue weighted by Crippen LogP contribution is -2.48. The van der Waals surface area contributed by atoms with Crippen molar-refractivity contribution in [2.24, 2.45) is 0 Å². The molecule has 0 aliphatic carbocycles. The average Bonchev–Trinajstić information content (AvgIpc) is 2.56. The summed E-state index contributed by atoms with van der Waals surface area (Å²) in [5.74, 6) is -2.67. The average molecular weight is 349 g/mol. The first-order valence-electron chi connectivity index (χ1n) is 7.71. The van der Waals surface area contributed by atoms with Crippen molar-refractivity contribution in [1.29, 1.82) is 0 Å². The molecule has 132 valence electrons. The molecule has 0 aliphatic heterocycles. The summed E-state index contributed by atoms with van der Waals surface area (Å²) in [7, 11) is 0. The fraction of sp³-hybridized carbons (Fsp3) is 0.263. The molecule has 0 radical (unpaired) electrons. The zero-order chi connectivity index (χ0) is 18.6. The maximum Gasteiger partial charge on any atom is 0.471 e. The Morgan fingerprint density at radius 3 is 2.20 bits per heavy atom. The maximum atomic E-state index is 12.7. The molecule has 2 aromatic rings. The van der Waals surface area contributed by atoms with Gasteiger partial charge < -0.3 is 5.32 Å². The predicted molar refractivity (Wildman–Crippen MR) is 88.4 cm³/mol. The number of hydrogen-bond acceptors (Lipinski definition) is 2. The van der Waals surface area contributed by atoms with Crippen LogP contribution in [0.3, 0.4) is 0 Å². The molecule has 0 bridgehead atoms. The number of benzene rings is 2. The topological polar surface area (TPSA) is 46.2 Å². The van der Waals surface area contributed by atoms with E-state index in [1.54, 1.807) is 48.5 Å². The molecule has 25 heavy (non-hydrogen) atoms. The number of halogens is 3. The molecule has 0 fully saturated rings. The van der Waals surface area contributed by atoms with Gasteiger partial charge in [0, 0.05) is 12.0 Å². The van der Waals surface area contributed by atoms with Crippen molar-refractivity contribution in [3.8, 4) is 0 Å². The van der Waals surface area contributed by atoms with E-state index in [1.165, 1.54) is 0 Å². The van der Waals surface area contributed by atoms with Crippen molar-refractivity contribution < 1.29 is 22.8 Å². The van der Waals surface area contributed by atoms with Crippen LogP contribution in [0.5, 0.6) is 0 Å². The standard InChI is InChI=1S/C19H18F3NO2/c1-12-8-9-15(10-13(12)2)17(24)16(23-18(25)19(20,21)22)11-14-6-4-3-5-7-14/h3-10,16H,11H2,1-2H3,(H,23,25)/t16-/m0/s1. The molecule has 0 heterocycles. The van der Waals surface area contributed by atoms with E-state index in [0.717, 1.165) is 11.1 Å². The van der Waals surface area contributed by atoms with Crippen molar-refractivity contribution in [3.63, 3.8) is 0 Å². The lowest BCUT2D eigenvalue weighted by molar-refractivity contribution is -0.174. The zero-order valence-corrected chi connectivity index (χ0v) is 13.9. The highest BCUT2D eigenvalue weighted by Crippen LogP contribution is 2.18. The largest absolute Gasteiger partial charge is 0.471 e. The van der Waals surface area contributed by atoms with Crippen LogP contribution < -0.4 is 5.32 Å². The molecule has 0 unspecified atom stereocenters. The van der Waals surface area contributed by atoms with Crippen LogP contribution in [0.1, 0.15) is 27.0 Å². The van der Waals surface area contributed by atoms with Crippen molar-refractivity contribution in [2.45, 2.75) is 32.5 Å². The Morgan fingerprint density at radius 1 is 1.00 bits per heavy atom. The number of carbonyl (C=O) groups is 2. The van der Waals surface area contributed by atoms with Crippen molar-refractivity contribution >= 4 is 11.7 Å². The highest BCUT2D eigenvalue weighted by molar-refractivity contribution is 6.02. The molecular formula is C19H18F3NO2. The first-order chi connectivity index (χ1) is 11.7. The third kappa shape index (κ3) is 4.92. The summed E-state index contributed by atoms with van der Waals surface area (Å²) < 4.78 is 37.8. The number of carbonyl (C=O) groups excluding carboxylic acids is 2. The Morgan fingerprint density at radius 2 is 1.64 bits per heavy atom. The van der Waals surface area contributed by atoms with E-state index in [2.05, 4.69) is 0 Å². The minimum absolute atomic E-state index is 0.0194. The molecule has 0 saturated heterocycles. The first kappa shape index (κ1) is 18.7. The lowest BCUT2D eigenvalue weighted by Gasteiger charge is -2.19. The summed E-state index contributed by atoms with van der Waals surface area (Å²) in [6.07, 6.45) is -5.06. The van der Waals surface area contributed by atoms with Crippen LogP contribution in [0, 0.1) is 13.8 Å². The Bertz CT molecular complexity index is 770. The van der Waals surface area contributed by atoms with E-state index in [-0.39, 0.29) is 12.0 Å². The fourth-order valence-electron chi connectivity index (χ4n) is 2.40. The van der Waals surface area contributed by atoms with Gasteiger partial charge in [0.05, 0.1) is 6.04 Å². The number of aryl methyl sites for hydroxylation is 2. The lowest BCUT2D eigenvalue weighted by atomic mass is 9.95. The van der Waals surface area contributed by atoms with Gasteiger partial charge in [0.2, 0.25) is 0 Å². The second kappa shape index (κ2) is 7.51. The summed E-state index contributed by atoms with van der Waals surface area (Å²) >= 11 is 0. The summed E-state index contributed by atoms with van der Waals surface area (Å²) in [5.41, 5.74) is 2.75. The number of ketones is 1. The molecule has 0 saturated carbocycles. The van der Waals surface area contributed by atoms with Gasteiger partial charge in [0.15, 0.2) is 5.78 Å². The van der Waals surface area contributed by atoms with Gasteiger partial charge in [-0.15, -0.1) is 0 Å². The highest BCUT2D eigenvalue weighted by Gasteiger charge is 2.40. The van der Waals surface area contributed by atoms with Crippen LogP contribution in [0.15, 0.2) is 48.5 Å². The monoisotopic (exact) mass is 349 g/mol. The van der Waals surface area contributed by atoms with Crippen LogP contribution >= 0.6 is 0 Å². The van der Waals surface area contributed by atoms with Gasteiger partial charge in [-0.3, -0.25) is 9.59 Å². The minimum Gasteiger partial charge on any atom is -0.338 e. The molecule has 0 spiro atoms. The predicted octanol–water partition coefficient (Wildman–Crippen LogP) is 3.78. The number of hydrogen-bond donors (Lipinski definition) is 1. The molecule has 0 aliphatic rings. The third-order valence-electron chi connectivity index (χ3n) is 3.95. The fourth-order valence-corrected chi connectivity index (χ4v) is 2.40. The Kier molecular flexibility index (Phi) is 5.62. The number of alkyl halides is 3. The first-order valence-corrected chi connectivity index (χ1v) is 7.71. The molecule has 1 N–H and O–H groups in total. The van der Waals surface area contributed by atoms with Gasteiger partial charge in [-0.2, -0.15) is 13.2 Å². The molecular weight excluding hydrogens is 331 g/mol. The second-order valence-electron chi connectivity index (χ2n) is 5.88. The molecule has 0 aromatic heterocycles. The summed E-state index contributed by atoms with van der Waals surface area (Å²) in [5, 5.41) is 1.82. The van der Waals surface area contributed by atoms with Crippen LogP contribution in [0.25, 0.3) is 0 Å². The maximum absolute atomic E-state index is 12.7. The smallest absolute Gasteiger partial charge is 0.338 e. The van der Waals surface area contributed by atoms with E-state index >= 15 is 0 Å². The van der Waals surface area contributed by atoms with Gasteiger partial charge in [-0.25, -0.2) is 0 Å².